The smallest absolute Gasteiger partial charge is 0.244 e. The zero-order chi connectivity index (χ0) is 17.5. The van der Waals surface area contributed by atoms with Crippen LogP contribution in [0.4, 0.5) is 17.5 Å². The molecule has 0 saturated heterocycles. The summed E-state index contributed by atoms with van der Waals surface area (Å²) in [7, 11) is 1.66. The van der Waals surface area contributed by atoms with E-state index in [0.717, 1.165) is 17.9 Å². The van der Waals surface area contributed by atoms with Crippen molar-refractivity contribution in [3.8, 4) is 5.75 Å². The largest absolute Gasteiger partial charge is 0.497 e. The number of hydrogen-bond acceptors (Lipinski definition) is 6. The molecular formula is C18H18ClN5O. The number of hydrogen-bond donors (Lipinski definition) is 2. The Labute approximate surface area is 151 Å². The predicted octanol–water partition coefficient (Wildman–Crippen LogP) is 3.93. The number of benzene rings is 2. The van der Waals surface area contributed by atoms with Crippen molar-refractivity contribution in [1.82, 2.24) is 15.2 Å². The summed E-state index contributed by atoms with van der Waals surface area (Å²) in [6, 6.07) is 15.4. The highest BCUT2D eigenvalue weighted by Gasteiger charge is 2.02. The Kier molecular flexibility index (Phi) is 5.64. The zero-order valence-electron chi connectivity index (χ0n) is 13.7. The molecule has 0 amide bonds. The lowest BCUT2D eigenvalue weighted by Crippen LogP contribution is -2.09. The lowest BCUT2D eigenvalue weighted by Gasteiger charge is -2.08. The first-order chi connectivity index (χ1) is 12.2. The molecule has 0 spiro atoms. The van der Waals surface area contributed by atoms with Gasteiger partial charge in [-0.2, -0.15) is 10.1 Å². The lowest BCUT2D eigenvalue weighted by atomic mass is 10.1. The summed E-state index contributed by atoms with van der Waals surface area (Å²) >= 11 is 5.98. The van der Waals surface area contributed by atoms with Crippen LogP contribution in [-0.2, 0) is 6.42 Å². The SMILES string of the molecule is COc1cccc(CCNc2nncc(Nc3cccc(Cl)c3)n2)c1. The molecule has 0 atom stereocenters. The van der Waals surface area contributed by atoms with Crippen molar-refractivity contribution >= 4 is 29.1 Å². The van der Waals surface area contributed by atoms with E-state index < -0.39 is 0 Å². The van der Waals surface area contributed by atoms with Gasteiger partial charge in [0.05, 0.1) is 13.3 Å². The lowest BCUT2D eigenvalue weighted by molar-refractivity contribution is 0.414. The maximum atomic E-state index is 5.98. The van der Waals surface area contributed by atoms with Gasteiger partial charge in [0.1, 0.15) is 5.75 Å². The molecule has 0 aliphatic rings. The molecule has 2 aromatic carbocycles. The minimum absolute atomic E-state index is 0.468. The van der Waals surface area contributed by atoms with Crippen LogP contribution in [0.15, 0.2) is 54.7 Å². The highest BCUT2D eigenvalue weighted by molar-refractivity contribution is 6.30. The average Bonchev–Trinajstić information content (AvgIpc) is 2.62. The molecule has 7 heteroatoms. The second-order valence-electron chi connectivity index (χ2n) is 5.33. The molecule has 6 nitrogen and oxygen atoms in total. The highest BCUT2D eigenvalue weighted by atomic mass is 35.5. The molecule has 1 heterocycles. The van der Waals surface area contributed by atoms with Crippen LogP contribution < -0.4 is 15.4 Å². The van der Waals surface area contributed by atoms with E-state index >= 15 is 0 Å². The summed E-state index contributed by atoms with van der Waals surface area (Å²) in [5.74, 6) is 1.92. The average molecular weight is 356 g/mol. The molecule has 128 valence electrons. The molecule has 0 aliphatic heterocycles. The summed E-state index contributed by atoms with van der Waals surface area (Å²) in [5.41, 5.74) is 2.02. The number of halogens is 1. The van der Waals surface area contributed by atoms with E-state index in [4.69, 9.17) is 16.3 Å². The number of methoxy groups -OCH3 is 1. The van der Waals surface area contributed by atoms with E-state index in [-0.39, 0.29) is 0 Å². The fourth-order valence-electron chi connectivity index (χ4n) is 2.30. The topological polar surface area (TPSA) is 72.0 Å². The predicted molar refractivity (Wildman–Crippen MR) is 99.7 cm³/mol. The van der Waals surface area contributed by atoms with E-state index in [1.807, 2.05) is 42.5 Å². The van der Waals surface area contributed by atoms with Gasteiger partial charge in [0.25, 0.3) is 0 Å². The zero-order valence-corrected chi connectivity index (χ0v) is 14.5. The van der Waals surface area contributed by atoms with Crippen LogP contribution >= 0.6 is 11.6 Å². The third kappa shape index (κ3) is 5.06. The first-order valence-electron chi connectivity index (χ1n) is 7.82. The standard InChI is InChI=1S/C18H18ClN5O/c1-25-16-7-2-4-13(10-16)8-9-20-18-23-17(12-21-24-18)22-15-6-3-5-14(19)11-15/h2-7,10-12H,8-9H2,1H3,(H2,20,22,23,24). The van der Waals surface area contributed by atoms with Crippen LogP contribution in [0.5, 0.6) is 5.75 Å². The molecule has 0 unspecified atom stereocenters. The maximum absolute atomic E-state index is 5.98. The van der Waals surface area contributed by atoms with Crippen molar-refractivity contribution in [2.24, 2.45) is 0 Å². The molecular weight excluding hydrogens is 338 g/mol. The summed E-state index contributed by atoms with van der Waals surface area (Å²) in [6.07, 6.45) is 2.39. The van der Waals surface area contributed by atoms with E-state index in [1.165, 1.54) is 5.56 Å². The van der Waals surface area contributed by atoms with Gasteiger partial charge >= 0.3 is 0 Å². The molecule has 0 radical (unpaired) electrons. The number of nitrogens with one attached hydrogen (secondary N) is 2. The minimum atomic E-state index is 0.468. The van der Waals surface area contributed by atoms with Crippen LogP contribution in [-0.4, -0.2) is 28.8 Å². The molecule has 3 aromatic rings. The normalized spacial score (nSPS) is 10.3. The molecule has 25 heavy (non-hydrogen) atoms. The fourth-order valence-corrected chi connectivity index (χ4v) is 2.49. The van der Waals surface area contributed by atoms with Crippen molar-refractivity contribution in [2.75, 3.05) is 24.3 Å². The van der Waals surface area contributed by atoms with Crippen molar-refractivity contribution < 1.29 is 4.74 Å². The van der Waals surface area contributed by atoms with E-state index in [9.17, 15) is 0 Å². The van der Waals surface area contributed by atoms with Gasteiger partial charge in [-0.15, -0.1) is 5.10 Å². The van der Waals surface area contributed by atoms with Crippen molar-refractivity contribution in [3.63, 3.8) is 0 Å². The quantitative estimate of drug-likeness (QED) is 0.669. The minimum Gasteiger partial charge on any atom is -0.497 e. The number of ether oxygens (including phenoxy) is 1. The van der Waals surface area contributed by atoms with Gasteiger partial charge in [0, 0.05) is 17.3 Å². The van der Waals surface area contributed by atoms with Crippen LogP contribution in [0.2, 0.25) is 5.02 Å². The Morgan fingerprint density at radius 1 is 1.12 bits per heavy atom. The van der Waals surface area contributed by atoms with Gasteiger partial charge in [-0.25, -0.2) is 0 Å². The Balaban J connectivity index is 1.58. The van der Waals surface area contributed by atoms with Crippen molar-refractivity contribution in [3.05, 3.63) is 65.3 Å². The van der Waals surface area contributed by atoms with Gasteiger partial charge < -0.3 is 15.4 Å². The highest BCUT2D eigenvalue weighted by Crippen LogP contribution is 2.18. The summed E-state index contributed by atoms with van der Waals surface area (Å²) < 4.78 is 5.23. The molecule has 2 N–H and O–H groups in total. The van der Waals surface area contributed by atoms with Crippen LogP contribution in [0.3, 0.4) is 0 Å². The molecule has 0 bridgehead atoms. The summed E-state index contributed by atoms with van der Waals surface area (Å²) in [4.78, 5) is 4.40. The molecule has 3 rings (SSSR count). The third-order valence-electron chi connectivity index (χ3n) is 3.49. The van der Waals surface area contributed by atoms with E-state index in [2.05, 4.69) is 31.9 Å². The number of rotatable bonds is 7. The first-order valence-corrected chi connectivity index (χ1v) is 8.20. The Bertz CT molecular complexity index is 843. The fraction of sp³-hybridized carbons (Fsp3) is 0.167. The Morgan fingerprint density at radius 2 is 2.00 bits per heavy atom. The van der Waals surface area contributed by atoms with Crippen LogP contribution in [0, 0.1) is 0 Å². The molecule has 1 aromatic heterocycles. The Morgan fingerprint density at radius 3 is 2.84 bits per heavy atom. The monoisotopic (exact) mass is 355 g/mol. The summed E-state index contributed by atoms with van der Waals surface area (Å²) in [5, 5.41) is 15.0. The van der Waals surface area contributed by atoms with Crippen molar-refractivity contribution in [1.29, 1.82) is 0 Å². The molecule has 0 fully saturated rings. The van der Waals surface area contributed by atoms with Crippen molar-refractivity contribution in [2.45, 2.75) is 6.42 Å². The number of nitrogens with zero attached hydrogens (tertiary/aromatic N) is 3. The molecule has 0 aliphatic carbocycles. The second-order valence-corrected chi connectivity index (χ2v) is 5.77. The maximum Gasteiger partial charge on any atom is 0.244 e. The van der Waals surface area contributed by atoms with Gasteiger partial charge in [0.15, 0.2) is 5.82 Å². The van der Waals surface area contributed by atoms with Gasteiger partial charge in [-0.05, 0) is 42.3 Å². The van der Waals surface area contributed by atoms with Gasteiger partial charge in [-0.1, -0.05) is 29.8 Å². The van der Waals surface area contributed by atoms with E-state index in [0.29, 0.717) is 23.3 Å². The third-order valence-corrected chi connectivity index (χ3v) is 3.72. The van der Waals surface area contributed by atoms with Crippen LogP contribution in [0.25, 0.3) is 0 Å². The number of anilines is 3. The first kappa shape index (κ1) is 17.0. The molecule has 0 saturated carbocycles. The van der Waals surface area contributed by atoms with E-state index in [1.54, 1.807) is 13.3 Å². The Hall–Kier alpha value is -2.86. The second kappa shape index (κ2) is 8.30. The van der Waals surface area contributed by atoms with Crippen LogP contribution in [0.1, 0.15) is 5.56 Å². The van der Waals surface area contributed by atoms with Gasteiger partial charge in [0.2, 0.25) is 5.95 Å². The van der Waals surface area contributed by atoms with Gasteiger partial charge in [-0.3, -0.25) is 0 Å². The number of aromatic nitrogens is 3. The summed E-state index contributed by atoms with van der Waals surface area (Å²) in [6.45, 7) is 0.690.